The van der Waals surface area contributed by atoms with Crippen LogP contribution in [0, 0.1) is 5.92 Å². The van der Waals surface area contributed by atoms with Gasteiger partial charge in [-0.2, -0.15) is 0 Å². The summed E-state index contributed by atoms with van der Waals surface area (Å²) in [5, 5.41) is 12.4. The summed E-state index contributed by atoms with van der Waals surface area (Å²) in [6, 6.07) is 0. The maximum Gasteiger partial charge on any atom is 0.229 e. The van der Waals surface area contributed by atoms with Crippen LogP contribution in [-0.2, 0) is 11.2 Å². The van der Waals surface area contributed by atoms with Crippen LogP contribution in [-0.4, -0.2) is 16.1 Å². The van der Waals surface area contributed by atoms with Crippen molar-refractivity contribution in [1.29, 1.82) is 0 Å². The topological polar surface area (TPSA) is 54.9 Å². The van der Waals surface area contributed by atoms with Gasteiger partial charge in [-0.25, -0.2) is 0 Å². The predicted octanol–water partition coefficient (Wildman–Crippen LogP) is 3.26. The largest absolute Gasteiger partial charge is 0.300 e. The van der Waals surface area contributed by atoms with E-state index in [-0.39, 0.29) is 11.8 Å². The maximum absolute atomic E-state index is 12.0. The van der Waals surface area contributed by atoms with E-state index >= 15 is 0 Å². The Morgan fingerprint density at radius 2 is 2.12 bits per heavy atom. The molecule has 1 heterocycles. The van der Waals surface area contributed by atoms with Crippen LogP contribution >= 0.6 is 11.3 Å². The fraction of sp³-hybridized carbons (Fsp3) is 0.750. The Bertz CT molecular complexity index is 351. The molecule has 0 aliphatic carbocycles. The van der Waals surface area contributed by atoms with Gasteiger partial charge in [0.2, 0.25) is 11.0 Å². The molecule has 1 aromatic rings. The number of carbonyl (C=O) groups is 1. The second kappa shape index (κ2) is 7.37. The third-order valence-corrected chi connectivity index (χ3v) is 3.75. The minimum atomic E-state index is 0.0831. The van der Waals surface area contributed by atoms with E-state index in [1.54, 1.807) is 0 Å². The number of nitrogens with zero attached hydrogens (tertiary/aromatic N) is 2. The van der Waals surface area contributed by atoms with Crippen molar-refractivity contribution >= 4 is 22.4 Å². The number of hydrogen-bond donors (Lipinski definition) is 1. The molecule has 96 valence electrons. The number of amides is 1. The summed E-state index contributed by atoms with van der Waals surface area (Å²) in [4.78, 5) is 12.0. The van der Waals surface area contributed by atoms with E-state index in [1.165, 1.54) is 11.3 Å². The van der Waals surface area contributed by atoms with Crippen molar-refractivity contribution in [2.24, 2.45) is 5.92 Å². The van der Waals surface area contributed by atoms with Crippen LogP contribution in [0.5, 0.6) is 0 Å². The molecule has 0 radical (unpaired) electrons. The second-order valence-electron chi connectivity index (χ2n) is 4.09. The fourth-order valence-corrected chi connectivity index (χ4v) is 2.31. The number of aromatic nitrogens is 2. The normalized spacial score (nSPS) is 12.4. The van der Waals surface area contributed by atoms with E-state index in [0.29, 0.717) is 5.13 Å². The molecule has 1 amide bonds. The molecule has 0 spiro atoms. The van der Waals surface area contributed by atoms with E-state index in [9.17, 15) is 4.79 Å². The van der Waals surface area contributed by atoms with E-state index < -0.39 is 0 Å². The molecule has 0 unspecified atom stereocenters. The Morgan fingerprint density at radius 3 is 2.65 bits per heavy atom. The first-order valence-electron chi connectivity index (χ1n) is 6.34. The lowest BCUT2D eigenvalue weighted by atomic mass is 9.99. The van der Waals surface area contributed by atoms with Gasteiger partial charge >= 0.3 is 0 Å². The highest BCUT2D eigenvalue weighted by atomic mass is 32.1. The van der Waals surface area contributed by atoms with Crippen molar-refractivity contribution in [2.75, 3.05) is 5.32 Å². The molecule has 0 saturated carbocycles. The average Bonchev–Trinajstić information content (AvgIpc) is 2.77. The van der Waals surface area contributed by atoms with E-state index in [1.807, 2.05) is 6.92 Å². The number of aryl methyl sites for hydroxylation is 1. The second-order valence-corrected chi connectivity index (χ2v) is 5.15. The van der Waals surface area contributed by atoms with Crippen molar-refractivity contribution < 1.29 is 4.79 Å². The molecule has 17 heavy (non-hydrogen) atoms. The molecule has 0 fully saturated rings. The van der Waals surface area contributed by atoms with Gasteiger partial charge in [-0.1, -0.05) is 44.9 Å². The molecule has 0 bridgehead atoms. The first-order valence-corrected chi connectivity index (χ1v) is 7.16. The number of rotatable bonds is 7. The summed E-state index contributed by atoms with van der Waals surface area (Å²) in [5.74, 6) is 0.184. The summed E-state index contributed by atoms with van der Waals surface area (Å²) in [6.45, 7) is 6.22. The van der Waals surface area contributed by atoms with Gasteiger partial charge in [0.05, 0.1) is 0 Å². The molecule has 0 aromatic carbocycles. The Kier molecular flexibility index (Phi) is 6.11. The molecule has 0 saturated heterocycles. The van der Waals surface area contributed by atoms with Gasteiger partial charge in [0.1, 0.15) is 5.01 Å². The average molecular weight is 255 g/mol. The summed E-state index contributed by atoms with van der Waals surface area (Å²) in [7, 11) is 0. The standard InChI is InChI=1S/C12H21N3OS/c1-4-7-8-9(5-2)11(16)13-12-15-14-10(6-3)17-12/h9H,4-8H2,1-3H3,(H,13,15,16)/t9-/m1/s1. The molecule has 0 aliphatic heterocycles. The van der Waals surface area contributed by atoms with E-state index in [2.05, 4.69) is 29.4 Å². The first-order chi connectivity index (χ1) is 8.21. The summed E-state index contributed by atoms with van der Waals surface area (Å²) >= 11 is 1.46. The van der Waals surface area contributed by atoms with Crippen molar-refractivity contribution in [2.45, 2.75) is 52.9 Å². The molecule has 1 atom stereocenters. The van der Waals surface area contributed by atoms with Crippen molar-refractivity contribution in [3.63, 3.8) is 0 Å². The highest BCUT2D eigenvalue weighted by Crippen LogP contribution is 2.19. The minimum Gasteiger partial charge on any atom is -0.300 e. The maximum atomic E-state index is 12.0. The van der Waals surface area contributed by atoms with Gasteiger partial charge in [0.15, 0.2) is 0 Å². The summed E-state index contributed by atoms with van der Waals surface area (Å²) in [5.41, 5.74) is 0. The van der Waals surface area contributed by atoms with Crippen LogP contribution < -0.4 is 5.32 Å². The monoisotopic (exact) mass is 255 g/mol. The van der Waals surface area contributed by atoms with E-state index in [4.69, 9.17) is 0 Å². The number of carbonyl (C=O) groups excluding carboxylic acids is 1. The molecular formula is C12H21N3OS. The third kappa shape index (κ3) is 4.42. The minimum absolute atomic E-state index is 0.0831. The van der Waals surface area contributed by atoms with Gasteiger partial charge in [-0.05, 0) is 19.3 Å². The Labute approximate surface area is 107 Å². The lowest BCUT2D eigenvalue weighted by molar-refractivity contribution is -0.120. The first kappa shape index (κ1) is 14.1. The van der Waals surface area contributed by atoms with Gasteiger partial charge in [-0.15, -0.1) is 10.2 Å². The van der Waals surface area contributed by atoms with Crippen LogP contribution in [0.25, 0.3) is 0 Å². The molecule has 1 aromatic heterocycles. The van der Waals surface area contributed by atoms with Gasteiger partial charge in [0.25, 0.3) is 0 Å². The van der Waals surface area contributed by atoms with Gasteiger partial charge in [-0.3, -0.25) is 4.79 Å². The lowest BCUT2D eigenvalue weighted by Gasteiger charge is -2.12. The Morgan fingerprint density at radius 1 is 1.35 bits per heavy atom. The molecule has 1 N–H and O–H groups in total. The molecule has 1 rings (SSSR count). The number of nitrogens with one attached hydrogen (secondary N) is 1. The van der Waals surface area contributed by atoms with Crippen LogP contribution in [0.2, 0.25) is 0 Å². The Balaban J connectivity index is 2.51. The Hall–Kier alpha value is -0.970. The number of unbranched alkanes of at least 4 members (excludes halogenated alkanes) is 1. The predicted molar refractivity (Wildman–Crippen MR) is 71.2 cm³/mol. The quantitative estimate of drug-likeness (QED) is 0.813. The van der Waals surface area contributed by atoms with Crippen LogP contribution in [0.1, 0.15) is 51.5 Å². The third-order valence-electron chi connectivity index (χ3n) is 2.77. The van der Waals surface area contributed by atoms with Crippen LogP contribution in [0.15, 0.2) is 0 Å². The SMILES string of the molecule is CCCC[C@@H](CC)C(=O)Nc1nnc(CC)s1. The molecule has 5 heteroatoms. The van der Waals surface area contributed by atoms with Crippen molar-refractivity contribution in [3.8, 4) is 0 Å². The van der Waals surface area contributed by atoms with E-state index in [0.717, 1.165) is 37.1 Å². The zero-order valence-electron chi connectivity index (χ0n) is 10.8. The smallest absolute Gasteiger partial charge is 0.229 e. The summed E-state index contributed by atoms with van der Waals surface area (Å²) < 4.78 is 0. The van der Waals surface area contributed by atoms with Crippen LogP contribution in [0.3, 0.4) is 0 Å². The molecule has 4 nitrogen and oxygen atoms in total. The fourth-order valence-electron chi connectivity index (χ4n) is 1.63. The van der Waals surface area contributed by atoms with Crippen molar-refractivity contribution in [1.82, 2.24) is 10.2 Å². The zero-order chi connectivity index (χ0) is 12.7. The zero-order valence-corrected chi connectivity index (χ0v) is 11.6. The highest BCUT2D eigenvalue weighted by Gasteiger charge is 2.17. The van der Waals surface area contributed by atoms with Gasteiger partial charge < -0.3 is 5.32 Å². The molecule has 0 aliphatic rings. The van der Waals surface area contributed by atoms with Crippen LogP contribution in [0.4, 0.5) is 5.13 Å². The van der Waals surface area contributed by atoms with Crippen molar-refractivity contribution in [3.05, 3.63) is 5.01 Å². The highest BCUT2D eigenvalue weighted by molar-refractivity contribution is 7.15. The summed E-state index contributed by atoms with van der Waals surface area (Å²) in [6.07, 6.45) is 4.93. The lowest BCUT2D eigenvalue weighted by Crippen LogP contribution is -2.22. The van der Waals surface area contributed by atoms with Gasteiger partial charge in [0, 0.05) is 5.92 Å². The molecular weight excluding hydrogens is 234 g/mol. The number of hydrogen-bond acceptors (Lipinski definition) is 4. The number of anilines is 1.